The molecule has 4 nitrogen and oxygen atoms in total. The van der Waals surface area contributed by atoms with Crippen LogP contribution in [0.15, 0.2) is 10.5 Å². The summed E-state index contributed by atoms with van der Waals surface area (Å²) in [5.74, 6) is -0.919. The van der Waals surface area contributed by atoms with Gasteiger partial charge in [-0.25, -0.2) is 4.39 Å². The molecule has 0 spiro atoms. The molecule has 1 aromatic carbocycles. The Kier molecular flexibility index (Phi) is 3.71. The van der Waals surface area contributed by atoms with Crippen LogP contribution in [0.25, 0.3) is 0 Å². The van der Waals surface area contributed by atoms with Crippen molar-refractivity contribution < 1.29 is 23.8 Å². The van der Waals surface area contributed by atoms with Crippen LogP contribution in [-0.2, 0) is 10.2 Å². The molecule has 1 saturated carbocycles. The van der Waals surface area contributed by atoms with Crippen LogP contribution in [0, 0.1) is 5.82 Å². The summed E-state index contributed by atoms with van der Waals surface area (Å²) in [5, 5.41) is 8.98. The molecular formula is C13H14BrFO4. The minimum atomic E-state index is -0.896. The molecular weight excluding hydrogens is 319 g/mol. The molecule has 6 heteroatoms. The minimum Gasteiger partial charge on any atom is -0.495 e. The van der Waals surface area contributed by atoms with Crippen LogP contribution < -0.4 is 9.47 Å². The number of rotatable bonds is 5. The average Bonchev–Trinajstić information content (AvgIpc) is 3.09. The zero-order valence-electron chi connectivity index (χ0n) is 10.6. The van der Waals surface area contributed by atoms with E-state index in [1.807, 2.05) is 0 Å². The summed E-state index contributed by atoms with van der Waals surface area (Å²) in [6.07, 6.45) is 1.41. The molecule has 104 valence electrons. The van der Waals surface area contributed by atoms with Crippen molar-refractivity contribution in [2.75, 3.05) is 14.2 Å². The van der Waals surface area contributed by atoms with E-state index < -0.39 is 17.2 Å². The number of halogens is 2. The molecule has 0 bridgehead atoms. The van der Waals surface area contributed by atoms with Crippen LogP contribution >= 0.6 is 15.9 Å². The van der Waals surface area contributed by atoms with Crippen molar-refractivity contribution in [2.45, 2.75) is 24.7 Å². The largest absolute Gasteiger partial charge is 0.495 e. The number of hydrogen-bond acceptors (Lipinski definition) is 3. The molecule has 1 fully saturated rings. The fraction of sp³-hybridized carbons (Fsp3) is 0.462. The predicted octanol–water partition coefficient (Wildman–Crippen LogP) is 3.11. The van der Waals surface area contributed by atoms with Crippen molar-refractivity contribution in [1.29, 1.82) is 0 Å². The van der Waals surface area contributed by atoms with Gasteiger partial charge in [-0.1, -0.05) is 0 Å². The summed E-state index contributed by atoms with van der Waals surface area (Å²) in [4.78, 5) is 10.9. The monoisotopic (exact) mass is 332 g/mol. The van der Waals surface area contributed by atoms with Gasteiger partial charge >= 0.3 is 5.97 Å². The molecule has 0 atom stereocenters. The summed E-state index contributed by atoms with van der Waals surface area (Å²) >= 11 is 3.25. The molecule has 0 amide bonds. The van der Waals surface area contributed by atoms with Crippen LogP contribution in [0.1, 0.15) is 24.8 Å². The van der Waals surface area contributed by atoms with Crippen LogP contribution in [0.5, 0.6) is 11.5 Å². The summed E-state index contributed by atoms with van der Waals surface area (Å²) in [5.41, 5.74) is 0.0647. The highest BCUT2D eigenvalue weighted by Crippen LogP contribution is 2.56. The summed E-state index contributed by atoms with van der Waals surface area (Å²) in [7, 11) is 2.84. The number of aliphatic carboxylic acids is 1. The predicted molar refractivity (Wildman–Crippen MR) is 70.4 cm³/mol. The molecule has 1 N–H and O–H groups in total. The number of carboxylic acids is 1. The van der Waals surface area contributed by atoms with Gasteiger partial charge in [-0.05, 0) is 34.8 Å². The maximum Gasteiger partial charge on any atom is 0.304 e. The van der Waals surface area contributed by atoms with Gasteiger partial charge in [0.15, 0.2) is 11.6 Å². The van der Waals surface area contributed by atoms with Gasteiger partial charge in [-0.15, -0.1) is 0 Å². The molecule has 1 aliphatic carbocycles. The molecule has 19 heavy (non-hydrogen) atoms. The first kappa shape index (κ1) is 14.1. The lowest BCUT2D eigenvalue weighted by Crippen LogP contribution is -2.15. The van der Waals surface area contributed by atoms with Crippen molar-refractivity contribution in [3.8, 4) is 11.5 Å². The van der Waals surface area contributed by atoms with Crippen molar-refractivity contribution in [3.63, 3.8) is 0 Å². The van der Waals surface area contributed by atoms with Crippen molar-refractivity contribution in [1.82, 2.24) is 0 Å². The van der Waals surface area contributed by atoms with E-state index in [4.69, 9.17) is 14.6 Å². The Balaban J connectivity index is 2.55. The quantitative estimate of drug-likeness (QED) is 0.900. The van der Waals surface area contributed by atoms with Gasteiger partial charge in [0.2, 0.25) is 0 Å². The Morgan fingerprint density at radius 2 is 2.00 bits per heavy atom. The fourth-order valence-electron chi connectivity index (χ4n) is 2.35. The third-order valence-electron chi connectivity index (χ3n) is 3.45. The van der Waals surface area contributed by atoms with Gasteiger partial charge in [0.1, 0.15) is 10.2 Å². The number of carbonyl (C=O) groups is 1. The lowest BCUT2D eigenvalue weighted by Gasteiger charge is -2.20. The number of hydrogen-bond donors (Lipinski definition) is 1. The second kappa shape index (κ2) is 5.00. The Bertz CT molecular complexity index is 526. The van der Waals surface area contributed by atoms with E-state index >= 15 is 0 Å². The summed E-state index contributed by atoms with van der Waals surface area (Å²) in [6, 6.07) is 1.32. The molecule has 0 unspecified atom stereocenters. The number of carboxylic acid groups (broad SMARTS) is 1. The molecule has 1 aromatic rings. The van der Waals surface area contributed by atoms with E-state index in [0.29, 0.717) is 28.6 Å². The standard InChI is InChI=1S/C13H14BrFO4/c1-18-11-7(13(3-4-13)6-9(16)17)5-8(15)12(19-2)10(11)14/h5H,3-4,6H2,1-2H3,(H,16,17). The number of ether oxygens (including phenoxy) is 2. The van der Waals surface area contributed by atoms with E-state index in [0.717, 1.165) is 0 Å². The number of methoxy groups -OCH3 is 2. The van der Waals surface area contributed by atoms with E-state index in [2.05, 4.69) is 15.9 Å². The first-order chi connectivity index (χ1) is 8.95. The first-order valence-corrected chi connectivity index (χ1v) is 6.57. The van der Waals surface area contributed by atoms with Crippen LogP contribution in [0.2, 0.25) is 0 Å². The molecule has 0 heterocycles. The third kappa shape index (κ3) is 2.41. The Morgan fingerprint density at radius 3 is 2.42 bits per heavy atom. The van der Waals surface area contributed by atoms with E-state index in [1.54, 1.807) is 0 Å². The van der Waals surface area contributed by atoms with Crippen LogP contribution in [0.4, 0.5) is 4.39 Å². The van der Waals surface area contributed by atoms with Crippen molar-refractivity contribution in [3.05, 3.63) is 21.9 Å². The lowest BCUT2D eigenvalue weighted by molar-refractivity contribution is -0.137. The van der Waals surface area contributed by atoms with Crippen LogP contribution in [-0.4, -0.2) is 25.3 Å². The van der Waals surface area contributed by atoms with Gasteiger partial charge in [0.05, 0.1) is 20.6 Å². The Morgan fingerprint density at radius 1 is 1.42 bits per heavy atom. The molecule has 1 aliphatic rings. The molecule has 2 rings (SSSR count). The van der Waals surface area contributed by atoms with Gasteiger partial charge < -0.3 is 14.6 Å². The molecule has 0 aromatic heterocycles. The normalized spacial score (nSPS) is 16.0. The first-order valence-electron chi connectivity index (χ1n) is 5.77. The summed E-state index contributed by atoms with van der Waals surface area (Å²) < 4.78 is 24.6. The third-order valence-corrected chi connectivity index (χ3v) is 4.17. The summed E-state index contributed by atoms with van der Waals surface area (Å²) in [6.45, 7) is 0. The zero-order chi connectivity index (χ0) is 14.2. The van der Waals surface area contributed by atoms with Gasteiger partial charge in [0.25, 0.3) is 0 Å². The van der Waals surface area contributed by atoms with E-state index in [1.165, 1.54) is 20.3 Å². The van der Waals surface area contributed by atoms with Gasteiger partial charge in [0, 0.05) is 11.0 Å². The van der Waals surface area contributed by atoms with E-state index in [-0.39, 0.29) is 12.2 Å². The fourth-order valence-corrected chi connectivity index (χ4v) is 3.07. The lowest BCUT2D eigenvalue weighted by atomic mass is 9.91. The molecule has 0 radical (unpaired) electrons. The van der Waals surface area contributed by atoms with Crippen molar-refractivity contribution in [2.24, 2.45) is 0 Å². The smallest absolute Gasteiger partial charge is 0.304 e. The molecule has 0 saturated heterocycles. The average molecular weight is 333 g/mol. The van der Waals surface area contributed by atoms with Gasteiger partial charge in [-0.2, -0.15) is 0 Å². The topological polar surface area (TPSA) is 55.8 Å². The Hall–Kier alpha value is -1.30. The number of benzene rings is 1. The van der Waals surface area contributed by atoms with Gasteiger partial charge in [-0.3, -0.25) is 4.79 Å². The Labute approximate surface area is 118 Å². The highest BCUT2D eigenvalue weighted by molar-refractivity contribution is 9.10. The maximum absolute atomic E-state index is 14.0. The highest BCUT2D eigenvalue weighted by Gasteiger charge is 2.48. The molecule has 0 aliphatic heterocycles. The maximum atomic E-state index is 14.0. The van der Waals surface area contributed by atoms with E-state index in [9.17, 15) is 9.18 Å². The minimum absolute atomic E-state index is 0.0262. The zero-order valence-corrected chi connectivity index (χ0v) is 12.2. The van der Waals surface area contributed by atoms with Crippen molar-refractivity contribution >= 4 is 21.9 Å². The second-order valence-electron chi connectivity index (χ2n) is 4.64. The highest BCUT2D eigenvalue weighted by atomic mass is 79.9. The van der Waals surface area contributed by atoms with Crippen LogP contribution in [0.3, 0.4) is 0 Å². The SMILES string of the molecule is COc1c(F)cc(C2(CC(=O)O)CC2)c(OC)c1Br. The second-order valence-corrected chi connectivity index (χ2v) is 5.43.